The normalized spacial score (nSPS) is 14.4. The van der Waals surface area contributed by atoms with Crippen molar-refractivity contribution in [2.24, 2.45) is 0 Å². The van der Waals surface area contributed by atoms with Gasteiger partial charge in [0.25, 0.3) is 0 Å². The molecule has 0 saturated carbocycles. The van der Waals surface area contributed by atoms with Gasteiger partial charge in [0.15, 0.2) is 0 Å². The van der Waals surface area contributed by atoms with Crippen LogP contribution in [-0.2, 0) is 10.5 Å². The number of aliphatic hydroxyl groups excluding tert-OH is 1. The highest BCUT2D eigenvalue weighted by molar-refractivity contribution is 7.99. The standard InChI is InChI=1S/C12H18O4S/c1-7(13)9(3)17-6-10-5-11(8(2)16-10)12(14)15-4/h5,7,9,13H,6H2,1-4H3. The molecule has 0 saturated heterocycles. The van der Waals surface area contributed by atoms with Gasteiger partial charge in [0.2, 0.25) is 0 Å². The molecule has 5 heteroatoms. The Morgan fingerprint density at radius 1 is 1.59 bits per heavy atom. The molecule has 17 heavy (non-hydrogen) atoms. The van der Waals surface area contributed by atoms with Crippen LogP contribution in [0.4, 0.5) is 0 Å². The van der Waals surface area contributed by atoms with Crippen LogP contribution in [0.5, 0.6) is 0 Å². The SMILES string of the molecule is COC(=O)c1cc(CSC(C)C(C)O)oc1C. The van der Waals surface area contributed by atoms with Crippen LogP contribution < -0.4 is 0 Å². The third-order valence-electron chi connectivity index (χ3n) is 2.54. The number of carbonyl (C=O) groups excluding carboxylic acids is 1. The summed E-state index contributed by atoms with van der Waals surface area (Å²) in [6, 6.07) is 1.70. The van der Waals surface area contributed by atoms with Crippen molar-refractivity contribution < 1.29 is 19.1 Å². The van der Waals surface area contributed by atoms with E-state index in [9.17, 15) is 9.90 Å². The van der Waals surface area contributed by atoms with Gasteiger partial charge >= 0.3 is 5.97 Å². The van der Waals surface area contributed by atoms with Gasteiger partial charge in [-0.15, -0.1) is 11.8 Å². The molecule has 1 heterocycles. The summed E-state index contributed by atoms with van der Waals surface area (Å²) in [7, 11) is 1.35. The predicted molar refractivity (Wildman–Crippen MR) is 67.2 cm³/mol. The summed E-state index contributed by atoms with van der Waals surface area (Å²) in [6.45, 7) is 5.44. The summed E-state index contributed by atoms with van der Waals surface area (Å²) in [5, 5.41) is 9.49. The lowest BCUT2D eigenvalue weighted by molar-refractivity contribution is 0.0599. The maximum Gasteiger partial charge on any atom is 0.341 e. The molecule has 0 aromatic carbocycles. The summed E-state index contributed by atoms with van der Waals surface area (Å²) in [4.78, 5) is 11.4. The molecule has 0 spiro atoms. The molecule has 4 nitrogen and oxygen atoms in total. The zero-order valence-electron chi connectivity index (χ0n) is 10.5. The first kappa shape index (κ1) is 14.1. The van der Waals surface area contributed by atoms with Crippen LogP contribution in [0, 0.1) is 6.92 Å². The molecule has 1 aromatic heterocycles. The van der Waals surface area contributed by atoms with Gasteiger partial charge in [0, 0.05) is 5.25 Å². The quantitative estimate of drug-likeness (QED) is 0.822. The maximum absolute atomic E-state index is 11.4. The van der Waals surface area contributed by atoms with Crippen molar-refractivity contribution in [2.75, 3.05) is 7.11 Å². The highest BCUT2D eigenvalue weighted by Gasteiger charge is 2.16. The van der Waals surface area contributed by atoms with Crippen LogP contribution in [0.2, 0.25) is 0 Å². The van der Waals surface area contributed by atoms with Crippen LogP contribution in [0.15, 0.2) is 10.5 Å². The largest absolute Gasteiger partial charge is 0.465 e. The zero-order valence-corrected chi connectivity index (χ0v) is 11.3. The monoisotopic (exact) mass is 258 g/mol. The summed E-state index contributed by atoms with van der Waals surface area (Å²) < 4.78 is 10.1. The first-order valence-electron chi connectivity index (χ1n) is 5.43. The number of hydrogen-bond acceptors (Lipinski definition) is 5. The van der Waals surface area contributed by atoms with Gasteiger partial charge in [-0.2, -0.15) is 0 Å². The fourth-order valence-corrected chi connectivity index (χ4v) is 2.13. The number of methoxy groups -OCH3 is 1. The van der Waals surface area contributed by atoms with E-state index in [1.54, 1.807) is 31.7 Å². The molecule has 0 radical (unpaired) electrons. The van der Waals surface area contributed by atoms with Gasteiger partial charge in [-0.25, -0.2) is 4.79 Å². The van der Waals surface area contributed by atoms with Gasteiger partial charge in [-0.05, 0) is 19.9 Å². The highest BCUT2D eigenvalue weighted by atomic mass is 32.2. The van der Waals surface area contributed by atoms with E-state index in [2.05, 4.69) is 4.74 Å². The molecule has 0 amide bonds. The van der Waals surface area contributed by atoms with E-state index >= 15 is 0 Å². The number of esters is 1. The van der Waals surface area contributed by atoms with Crippen LogP contribution in [0.25, 0.3) is 0 Å². The van der Waals surface area contributed by atoms with Gasteiger partial charge in [0.1, 0.15) is 17.1 Å². The highest BCUT2D eigenvalue weighted by Crippen LogP contribution is 2.23. The van der Waals surface area contributed by atoms with Gasteiger partial charge in [-0.3, -0.25) is 0 Å². The molecule has 2 atom stereocenters. The lowest BCUT2D eigenvalue weighted by Gasteiger charge is -2.12. The number of thioether (sulfide) groups is 1. The second kappa shape index (κ2) is 6.12. The molecule has 1 aromatic rings. The third-order valence-corrected chi connectivity index (χ3v) is 3.91. The number of aliphatic hydroxyl groups is 1. The van der Waals surface area contributed by atoms with E-state index in [1.165, 1.54) is 7.11 Å². The molecule has 2 unspecified atom stereocenters. The molecule has 0 fully saturated rings. The van der Waals surface area contributed by atoms with E-state index in [-0.39, 0.29) is 17.3 Å². The minimum absolute atomic E-state index is 0.127. The fourth-order valence-electron chi connectivity index (χ4n) is 1.28. The second-order valence-electron chi connectivity index (χ2n) is 3.93. The van der Waals surface area contributed by atoms with Crippen molar-refractivity contribution in [3.8, 4) is 0 Å². The average Bonchev–Trinajstić information content (AvgIpc) is 2.66. The van der Waals surface area contributed by atoms with Gasteiger partial charge in [0.05, 0.1) is 19.0 Å². The molecular weight excluding hydrogens is 240 g/mol. The van der Waals surface area contributed by atoms with E-state index in [0.29, 0.717) is 17.1 Å². The Kier molecular flexibility index (Phi) is 5.08. The number of rotatable bonds is 5. The summed E-state index contributed by atoms with van der Waals surface area (Å²) in [5.74, 6) is 1.54. The average molecular weight is 258 g/mol. The van der Waals surface area contributed by atoms with E-state index in [0.717, 1.165) is 5.76 Å². The van der Waals surface area contributed by atoms with Crippen molar-refractivity contribution in [1.29, 1.82) is 0 Å². The number of carbonyl (C=O) groups is 1. The maximum atomic E-state index is 11.4. The van der Waals surface area contributed by atoms with Gasteiger partial charge < -0.3 is 14.3 Å². The molecule has 0 aliphatic heterocycles. The smallest absolute Gasteiger partial charge is 0.341 e. The topological polar surface area (TPSA) is 59.7 Å². The Morgan fingerprint density at radius 2 is 2.24 bits per heavy atom. The van der Waals surface area contributed by atoms with Crippen molar-refractivity contribution >= 4 is 17.7 Å². The Hall–Kier alpha value is -0.940. The summed E-state index contributed by atoms with van der Waals surface area (Å²) in [5.41, 5.74) is 0.466. The van der Waals surface area contributed by atoms with E-state index in [1.807, 2.05) is 6.92 Å². The number of hydrogen-bond donors (Lipinski definition) is 1. The van der Waals surface area contributed by atoms with Crippen LogP contribution >= 0.6 is 11.8 Å². The van der Waals surface area contributed by atoms with Crippen molar-refractivity contribution in [1.82, 2.24) is 0 Å². The molecule has 0 bridgehead atoms. The third kappa shape index (κ3) is 3.78. The lowest BCUT2D eigenvalue weighted by Crippen LogP contribution is -2.15. The first-order valence-corrected chi connectivity index (χ1v) is 6.48. The van der Waals surface area contributed by atoms with Crippen LogP contribution in [0.1, 0.15) is 35.7 Å². The number of ether oxygens (including phenoxy) is 1. The predicted octanol–water partition coefficient (Wildman–Crippen LogP) is 2.38. The molecule has 1 N–H and O–H groups in total. The lowest BCUT2D eigenvalue weighted by atomic mass is 10.2. The molecule has 0 aliphatic rings. The molecule has 0 aliphatic carbocycles. The fraction of sp³-hybridized carbons (Fsp3) is 0.583. The number of aryl methyl sites for hydroxylation is 1. The van der Waals surface area contributed by atoms with Crippen molar-refractivity contribution in [3.63, 3.8) is 0 Å². The molecule has 1 rings (SSSR count). The summed E-state index contributed by atoms with van der Waals surface area (Å²) in [6.07, 6.45) is -0.365. The number of furan rings is 1. The van der Waals surface area contributed by atoms with Gasteiger partial charge in [-0.1, -0.05) is 6.92 Å². The molecular formula is C12H18O4S. The second-order valence-corrected chi connectivity index (χ2v) is 5.30. The zero-order chi connectivity index (χ0) is 13.0. The van der Waals surface area contributed by atoms with Crippen LogP contribution in [0.3, 0.4) is 0 Å². The Bertz CT molecular complexity index is 384. The molecule has 96 valence electrons. The van der Waals surface area contributed by atoms with Crippen LogP contribution in [-0.4, -0.2) is 29.5 Å². The Labute approximate surface area is 105 Å². The van der Waals surface area contributed by atoms with Crippen molar-refractivity contribution in [3.05, 3.63) is 23.2 Å². The van der Waals surface area contributed by atoms with E-state index < -0.39 is 0 Å². The minimum Gasteiger partial charge on any atom is -0.465 e. The summed E-state index contributed by atoms with van der Waals surface area (Å²) >= 11 is 1.58. The minimum atomic E-state index is -0.383. The first-order chi connectivity index (χ1) is 7.95. The van der Waals surface area contributed by atoms with Crippen molar-refractivity contribution in [2.45, 2.75) is 37.9 Å². The van der Waals surface area contributed by atoms with E-state index in [4.69, 9.17) is 4.42 Å². The Morgan fingerprint density at radius 3 is 2.76 bits per heavy atom. The Balaban J connectivity index is 2.65.